The van der Waals surface area contributed by atoms with Crippen LogP contribution in [0.3, 0.4) is 0 Å². The van der Waals surface area contributed by atoms with E-state index in [1.807, 2.05) is 42.5 Å². The summed E-state index contributed by atoms with van der Waals surface area (Å²) in [6, 6.07) is 19.7. The predicted octanol–water partition coefficient (Wildman–Crippen LogP) is 4.13. The topological polar surface area (TPSA) is 80.1 Å². The van der Waals surface area contributed by atoms with Crippen LogP contribution < -0.4 is 4.74 Å². The Hall–Kier alpha value is -3.10. The first-order valence-electron chi connectivity index (χ1n) is 11.0. The maximum absolute atomic E-state index is 13.0. The van der Waals surface area contributed by atoms with E-state index in [-0.39, 0.29) is 36.3 Å². The number of sulfonamides is 1. The zero-order chi connectivity index (χ0) is 23.4. The maximum atomic E-state index is 13.0. The minimum absolute atomic E-state index is 0.221. The summed E-state index contributed by atoms with van der Waals surface area (Å²) in [4.78, 5) is 14.7. The molecule has 0 radical (unpaired) electrons. The van der Waals surface area contributed by atoms with Crippen molar-refractivity contribution in [1.29, 1.82) is 0 Å². The number of ether oxygens (including phenoxy) is 1. The molecule has 8 heteroatoms. The average molecular weight is 469 g/mol. The van der Waals surface area contributed by atoms with Gasteiger partial charge in [0.2, 0.25) is 10.0 Å². The molecule has 1 fully saturated rings. The van der Waals surface area contributed by atoms with Crippen molar-refractivity contribution >= 4 is 15.9 Å². The van der Waals surface area contributed by atoms with Gasteiger partial charge in [0, 0.05) is 26.2 Å². The monoisotopic (exact) mass is 468 g/mol. The number of para-hydroxylation sites is 1. The lowest BCUT2D eigenvalue weighted by molar-refractivity contribution is 0.0662. The lowest BCUT2D eigenvalue weighted by atomic mass is 10.0. The van der Waals surface area contributed by atoms with Crippen molar-refractivity contribution in [2.24, 2.45) is 0 Å². The van der Waals surface area contributed by atoms with Gasteiger partial charge in [-0.2, -0.15) is 4.31 Å². The van der Waals surface area contributed by atoms with Crippen LogP contribution in [0.1, 0.15) is 41.6 Å². The van der Waals surface area contributed by atoms with E-state index >= 15 is 0 Å². The molecule has 0 unspecified atom stereocenters. The van der Waals surface area contributed by atoms with Gasteiger partial charge in [-0.1, -0.05) is 44.2 Å². The first-order valence-corrected chi connectivity index (χ1v) is 12.4. The first-order chi connectivity index (χ1) is 15.8. The van der Waals surface area contributed by atoms with E-state index in [0.717, 1.165) is 11.3 Å². The second-order valence-electron chi connectivity index (χ2n) is 8.29. The molecule has 0 spiro atoms. The molecule has 33 heavy (non-hydrogen) atoms. The van der Waals surface area contributed by atoms with Crippen LogP contribution in [0.4, 0.5) is 0 Å². The molecule has 0 N–H and O–H groups in total. The van der Waals surface area contributed by atoms with Gasteiger partial charge < -0.3 is 14.1 Å². The minimum atomic E-state index is -3.59. The molecule has 2 aromatic carbocycles. The first kappa shape index (κ1) is 23.1. The van der Waals surface area contributed by atoms with Crippen LogP contribution in [0.5, 0.6) is 5.75 Å². The molecule has 4 rings (SSSR count). The second kappa shape index (κ2) is 9.80. The van der Waals surface area contributed by atoms with Crippen molar-refractivity contribution in [1.82, 2.24) is 9.21 Å². The Balaban J connectivity index is 1.34. The fourth-order valence-corrected chi connectivity index (χ4v) is 5.12. The lowest BCUT2D eigenvalue weighted by Crippen LogP contribution is -2.50. The number of piperazine rings is 1. The van der Waals surface area contributed by atoms with Gasteiger partial charge in [-0.25, -0.2) is 8.42 Å². The smallest absolute Gasteiger partial charge is 0.289 e. The molecule has 1 aromatic heterocycles. The summed E-state index contributed by atoms with van der Waals surface area (Å²) >= 11 is 0. The predicted molar refractivity (Wildman–Crippen MR) is 125 cm³/mol. The minimum Gasteiger partial charge on any atom is -0.486 e. The molecule has 1 saturated heterocycles. The molecule has 2 heterocycles. The highest BCUT2D eigenvalue weighted by molar-refractivity contribution is 7.89. The summed E-state index contributed by atoms with van der Waals surface area (Å²) in [6.45, 7) is 5.45. The van der Waals surface area contributed by atoms with Gasteiger partial charge in [0.1, 0.15) is 18.1 Å². The molecular weight excluding hydrogens is 440 g/mol. The number of carbonyl (C=O) groups is 1. The van der Waals surface area contributed by atoms with Crippen LogP contribution in [-0.2, 0) is 16.6 Å². The van der Waals surface area contributed by atoms with Crippen molar-refractivity contribution in [3.63, 3.8) is 0 Å². The number of amides is 1. The van der Waals surface area contributed by atoms with Crippen molar-refractivity contribution in [2.45, 2.75) is 31.3 Å². The number of hydrogen-bond donors (Lipinski definition) is 0. The fraction of sp³-hybridized carbons (Fsp3) is 0.320. The zero-order valence-electron chi connectivity index (χ0n) is 18.8. The molecule has 3 aromatic rings. The highest BCUT2D eigenvalue weighted by atomic mass is 32.2. The third kappa shape index (κ3) is 5.29. The fourth-order valence-electron chi connectivity index (χ4n) is 3.70. The summed E-state index contributed by atoms with van der Waals surface area (Å²) in [5.74, 6) is 1.58. The number of nitrogens with zero attached hydrogens (tertiary/aromatic N) is 2. The maximum Gasteiger partial charge on any atom is 0.289 e. The Morgan fingerprint density at radius 1 is 0.939 bits per heavy atom. The van der Waals surface area contributed by atoms with E-state index in [1.54, 1.807) is 29.2 Å². The lowest BCUT2D eigenvalue weighted by Gasteiger charge is -2.33. The molecule has 1 aliphatic rings. The van der Waals surface area contributed by atoms with Gasteiger partial charge in [0.25, 0.3) is 5.91 Å². The normalized spacial score (nSPS) is 15.1. The van der Waals surface area contributed by atoms with Crippen LogP contribution in [0, 0.1) is 0 Å². The molecule has 1 amide bonds. The van der Waals surface area contributed by atoms with E-state index in [4.69, 9.17) is 9.15 Å². The Morgan fingerprint density at radius 3 is 2.24 bits per heavy atom. The molecule has 7 nitrogen and oxygen atoms in total. The number of rotatable bonds is 7. The van der Waals surface area contributed by atoms with Crippen molar-refractivity contribution in [3.8, 4) is 5.75 Å². The van der Waals surface area contributed by atoms with Crippen LogP contribution >= 0.6 is 0 Å². The van der Waals surface area contributed by atoms with E-state index in [1.165, 1.54) is 4.31 Å². The molecular formula is C25H28N2O5S. The zero-order valence-corrected chi connectivity index (χ0v) is 19.6. The van der Waals surface area contributed by atoms with Crippen molar-refractivity contribution in [2.75, 3.05) is 26.2 Å². The van der Waals surface area contributed by atoms with E-state index in [2.05, 4.69) is 13.8 Å². The Morgan fingerprint density at radius 2 is 1.61 bits per heavy atom. The number of hydrogen-bond acceptors (Lipinski definition) is 5. The average Bonchev–Trinajstić information content (AvgIpc) is 3.32. The van der Waals surface area contributed by atoms with Gasteiger partial charge in [-0.05, 0) is 47.9 Å². The van der Waals surface area contributed by atoms with Crippen LogP contribution in [0.2, 0.25) is 0 Å². The number of carbonyl (C=O) groups excluding carboxylic acids is 1. The van der Waals surface area contributed by atoms with Crippen molar-refractivity contribution < 1.29 is 22.4 Å². The van der Waals surface area contributed by atoms with Gasteiger partial charge >= 0.3 is 0 Å². The highest BCUT2D eigenvalue weighted by Crippen LogP contribution is 2.22. The summed E-state index contributed by atoms with van der Waals surface area (Å²) in [7, 11) is -3.59. The molecule has 0 aliphatic carbocycles. The van der Waals surface area contributed by atoms with E-state index in [0.29, 0.717) is 24.8 Å². The summed E-state index contributed by atoms with van der Waals surface area (Å²) in [6.07, 6.45) is 0. The van der Waals surface area contributed by atoms with Crippen LogP contribution in [0.25, 0.3) is 0 Å². The quantitative estimate of drug-likeness (QED) is 0.521. The Bertz CT molecular complexity index is 1180. The SMILES string of the molecule is CC(C)c1ccc(S(=O)(=O)N2CCN(C(=O)c3ccc(COc4ccccc4)o3)CC2)cc1. The van der Waals surface area contributed by atoms with Gasteiger partial charge in [-0.3, -0.25) is 4.79 Å². The Labute approximate surface area is 194 Å². The summed E-state index contributed by atoms with van der Waals surface area (Å²) in [5.41, 5.74) is 1.09. The molecule has 0 bridgehead atoms. The highest BCUT2D eigenvalue weighted by Gasteiger charge is 2.31. The van der Waals surface area contributed by atoms with Crippen molar-refractivity contribution in [3.05, 3.63) is 83.8 Å². The molecule has 1 aliphatic heterocycles. The van der Waals surface area contributed by atoms with Crippen LogP contribution in [0.15, 0.2) is 76.0 Å². The van der Waals surface area contributed by atoms with Gasteiger partial charge in [0.05, 0.1) is 4.90 Å². The standard InChI is InChI=1S/C25H28N2O5S/c1-19(2)20-8-11-23(12-9-20)33(29,30)27-16-14-26(15-17-27)25(28)24-13-10-22(32-24)18-31-21-6-4-3-5-7-21/h3-13,19H,14-18H2,1-2H3. The molecule has 0 saturated carbocycles. The van der Waals surface area contributed by atoms with Crippen LogP contribution in [-0.4, -0.2) is 49.7 Å². The summed E-state index contributed by atoms with van der Waals surface area (Å²) in [5, 5.41) is 0. The largest absolute Gasteiger partial charge is 0.486 e. The molecule has 0 atom stereocenters. The van der Waals surface area contributed by atoms with E-state index in [9.17, 15) is 13.2 Å². The number of benzene rings is 2. The third-order valence-corrected chi connectivity index (χ3v) is 7.62. The van der Waals surface area contributed by atoms with Gasteiger partial charge in [-0.15, -0.1) is 0 Å². The molecule has 174 valence electrons. The van der Waals surface area contributed by atoms with Gasteiger partial charge in [0.15, 0.2) is 5.76 Å². The summed E-state index contributed by atoms with van der Waals surface area (Å²) < 4.78 is 38.7. The number of furan rings is 1. The van der Waals surface area contributed by atoms with E-state index < -0.39 is 10.0 Å². The Kier molecular flexibility index (Phi) is 6.85. The second-order valence-corrected chi connectivity index (χ2v) is 10.2. The third-order valence-electron chi connectivity index (χ3n) is 5.71.